The van der Waals surface area contributed by atoms with Crippen molar-refractivity contribution in [1.29, 1.82) is 0 Å². The molecule has 0 unspecified atom stereocenters. The molecule has 2 aliphatic heterocycles. The van der Waals surface area contributed by atoms with Crippen molar-refractivity contribution < 1.29 is 19.4 Å². The molecule has 2 aromatic carbocycles. The molecule has 2 amide bonds. The molecule has 5 nitrogen and oxygen atoms in total. The number of piperazine rings is 1. The molecule has 2 fully saturated rings. The molecule has 30 heavy (non-hydrogen) atoms. The lowest BCUT2D eigenvalue weighted by Crippen LogP contribution is -3.31. The van der Waals surface area contributed by atoms with Gasteiger partial charge in [0.1, 0.15) is 26.2 Å². The van der Waals surface area contributed by atoms with Crippen LogP contribution < -0.4 is 14.7 Å². The fourth-order valence-electron chi connectivity index (χ4n) is 5.61. The van der Waals surface area contributed by atoms with Crippen molar-refractivity contribution in [2.75, 3.05) is 31.1 Å². The molecule has 0 saturated carbocycles. The maximum Gasteiger partial charge on any atom is 0.292 e. The molecule has 1 aliphatic carbocycles. The van der Waals surface area contributed by atoms with Crippen LogP contribution in [0.4, 0.5) is 5.69 Å². The van der Waals surface area contributed by atoms with Gasteiger partial charge in [0.05, 0.1) is 18.2 Å². The lowest BCUT2D eigenvalue weighted by atomic mass is 9.87. The largest absolute Gasteiger partial charge is 0.323 e. The average Bonchev–Trinajstić information content (AvgIpc) is 3.08. The number of nitrogens with zero attached hydrogens (tertiary/aromatic N) is 1. The molecule has 3 aliphatic rings. The van der Waals surface area contributed by atoms with Crippen molar-refractivity contribution in [1.82, 2.24) is 0 Å². The molecular formula is C25H31N3O2+2. The molecule has 2 N–H and O–H groups in total. The third-order valence-electron chi connectivity index (χ3n) is 7.39. The van der Waals surface area contributed by atoms with Crippen molar-refractivity contribution in [2.45, 2.75) is 44.7 Å². The van der Waals surface area contributed by atoms with Crippen molar-refractivity contribution in [3.63, 3.8) is 0 Å². The van der Waals surface area contributed by atoms with Gasteiger partial charge >= 0.3 is 0 Å². The van der Waals surface area contributed by atoms with Crippen LogP contribution in [-0.4, -0.2) is 50.1 Å². The molecule has 2 aromatic rings. The number of carbonyl (C=O) groups excluding carboxylic acids is 2. The first kappa shape index (κ1) is 19.5. The predicted molar refractivity (Wildman–Crippen MR) is 116 cm³/mol. The fraction of sp³-hybridized carbons (Fsp3) is 0.440. The molecule has 0 spiro atoms. The number of aryl methyl sites for hydroxylation is 2. The Morgan fingerprint density at radius 2 is 1.50 bits per heavy atom. The van der Waals surface area contributed by atoms with Gasteiger partial charge in [0, 0.05) is 12.8 Å². The van der Waals surface area contributed by atoms with Gasteiger partial charge in [0.2, 0.25) is 5.91 Å². The Kier molecular flexibility index (Phi) is 5.17. The minimum Gasteiger partial charge on any atom is -0.323 e. The summed E-state index contributed by atoms with van der Waals surface area (Å²) in [6.07, 6.45) is 3.95. The van der Waals surface area contributed by atoms with Crippen LogP contribution in [0.15, 0.2) is 48.5 Å². The second-order valence-electron chi connectivity index (χ2n) is 9.18. The van der Waals surface area contributed by atoms with Gasteiger partial charge in [-0.3, -0.25) is 9.59 Å². The van der Waals surface area contributed by atoms with Crippen LogP contribution in [0.25, 0.3) is 0 Å². The Balaban J connectivity index is 1.21. The quantitative estimate of drug-likeness (QED) is 0.705. The zero-order chi connectivity index (χ0) is 20.7. The number of hydrogen-bond donors (Lipinski definition) is 2. The number of benzene rings is 2. The van der Waals surface area contributed by atoms with Gasteiger partial charge in [0.15, 0.2) is 6.04 Å². The van der Waals surface area contributed by atoms with Gasteiger partial charge in [-0.25, -0.2) is 4.90 Å². The van der Waals surface area contributed by atoms with Crippen molar-refractivity contribution >= 4 is 17.5 Å². The molecule has 2 heterocycles. The minimum absolute atomic E-state index is 0.0195. The summed E-state index contributed by atoms with van der Waals surface area (Å²) in [6.45, 7) is 6.13. The summed E-state index contributed by atoms with van der Waals surface area (Å²) in [6, 6.07) is 17.0. The lowest BCUT2D eigenvalue weighted by molar-refractivity contribution is -1.03. The third kappa shape index (κ3) is 3.57. The first-order valence-corrected chi connectivity index (χ1v) is 11.3. The van der Waals surface area contributed by atoms with Gasteiger partial charge in [-0.15, -0.1) is 0 Å². The first-order valence-electron chi connectivity index (χ1n) is 11.3. The molecule has 2 saturated heterocycles. The van der Waals surface area contributed by atoms with E-state index in [1.807, 2.05) is 31.2 Å². The average molecular weight is 406 g/mol. The van der Waals surface area contributed by atoms with E-state index in [-0.39, 0.29) is 17.9 Å². The van der Waals surface area contributed by atoms with Crippen molar-refractivity contribution in [3.8, 4) is 0 Å². The van der Waals surface area contributed by atoms with Crippen LogP contribution >= 0.6 is 0 Å². The number of nitrogens with one attached hydrogen (secondary N) is 2. The first-order chi connectivity index (χ1) is 14.6. The molecule has 2 atom stereocenters. The topological polar surface area (TPSA) is 46.3 Å². The SMILES string of the molecule is Cc1ccc(N2C(=O)C[C@@H]([NH+]3CC[NH+]([C@@H]4CCc5ccccc5C4)CC3)C2=O)cc1. The highest BCUT2D eigenvalue weighted by Crippen LogP contribution is 2.22. The number of imide groups is 1. The van der Waals surface area contributed by atoms with E-state index in [1.165, 1.54) is 40.2 Å². The standard InChI is InChI=1S/C25H29N3O2/c1-18-6-9-21(10-7-18)28-24(29)17-23(25(28)30)27-14-12-26(13-15-27)22-11-8-19-4-2-3-5-20(19)16-22/h2-7,9-10,22-23H,8,11-17H2,1H3/p+2/t22-,23-/m1/s1. The number of fused-ring (bicyclic) bond motifs is 1. The van der Waals surface area contributed by atoms with E-state index in [0.29, 0.717) is 18.2 Å². The van der Waals surface area contributed by atoms with E-state index in [4.69, 9.17) is 0 Å². The molecular weight excluding hydrogens is 374 g/mol. The van der Waals surface area contributed by atoms with E-state index in [9.17, 15) is 9.59 Å². The second kappa shape index (κ2) is 7.97. The summed E-state index contributed by atoms with van der Waals surface area (Å²) < 4.78 is 0. The van der Waals surface area contributed by atoms with Gasteiger partial charge in [-0.1, -0.05) is 42.0 Å². The molecule has 0 aromatic heterocycles. The molecule has 0 radical (unpaired) electrons. The van der Waals surface area contributed by atoms with Crippen LogP contribution in [0.1, 0.15) is 29.5 Å². The van der Waals surface area contributed by atoms with Gasteiger partial charge in [0.25, 0.3) is 5.91 Å². The lowest BCUT2D eigenvalue weighted by Gasteiger charge is -2.37. The van der Waals surface area contributed by atoms with Crippen LogP contribution in [0.5, 0.6) is 0 Å². The van der Waals surface area contributed by atoms with Gasteiger partial charge in [-0.05, 0) is 36.6 Å². The van der Waals surface area contributed by atoms with Crippen molar-refractivity contribution in [2.24, 2.45) is 0 Å². The van der Waals surface area contributed by atoms with Crippen molar-refractivity contribution in [3.05, 3.63) is 65.2 Å². The van der Waals surface area contributed by atoms with Crippen LogP contribution in [0.3, 0.4) is 0 Å². The summed E-state index contributed by atoms with van der Waals surface area (Å²) in [5.41, 5.74) is 4.87. The number of carbonyl (C=O) groups is 2. The number of rotatable bonds is 3. The monoisotopic (exact) mass is 405 g/mol. The summed E-state index contributed by atoms with van der Waals surface area (Å²) >= 11 is 0. The van der Waals surface area contributed by atoms with Gasteiger partial charge in [-0.2, -0.15) is 0 Å². The molecule has 5 heteroatoms. The summed E-state index contributed by atoms with van der Waals surface area (Å²) in [5, 5.41) is 0. The van der Waals surface area contributed by atoms with E-state index < -0.39 is 0 Å². The second-order valence-corrected chi connectivity index (χ2v) is 9.18. The zero-order valence-corrected chi connectivity index (χ0v) is 17.7. The van der Waals surface area contributed by atoms with E-state index in [1.54, 1.807) is 4.90 Å². The highest BCUT2D eigenvalue weighted by atomic mass is 16.2. The Morgan fingerprint density at radius 3 is 2.23 bits per heavy atom. The Hall–Kier alpha value is -2.50. The highest BCUT2D eigenvalue weighted by Gasteiger charge is 2.47. The van der Waals surface area contributed by atoms with Crippen LogP contribution in [0.2, 0.25) is 0 Å². The normalized spacial score (nSPS) is 29.2. The molecule has 0 bridgehead atoms. The van der Waals surface area contributed by atoms with E-state index in [2.05, 4.69) is 24.3 Å². The number of anilines is 1. The predicted octanol–water partition coefficient (Wildman–Crippen LogP) is -0.0322. The Morgan fingerprint density at radius 1 is 0.833 bits per heavy atom. The van der Waals surface area contributed by atoms with Gasteiger partial charge < -0.3 is 9.80 Å². The van der Waals surface area contributed by atoms with E-state index in [0.717, 1.165) is 31.7 Å². The third-order valence-corrected chi connectivity index (χ3v) is 7.39. The molecule has 5 rings (SSSR count). The fourth-order valence-corrected chi connectivity index (χ4v) is 5.61. The zero-order valence-electron chi connectivity index (χ0n) is 17.7. The Labute approximate surface area is 178 Å². The van der Waals surface area contributed by atoms with E-state index >= 15 is 0 Å². The number of amides is 2. The highest BCUT2D eigenvalue weighted by molar-refractivity contribution is 6.21. The summed E-state index contributed by atoms with van der Waals surface area (Å²) in [7, 11) is 0. The summed E-state index contributed by atoms with van der Waals surface area (Å²) in [4.78, 5) is 30.1. The number of hydrogen-bond acceptors (Lipinski definition) is 2. The summed E-state index contributed by atoms with van der Waals surface area (Å²) in [5.74, 6) is -0.0751. The minimum atomic E-state index is -0.215. The number of quaternary nitrogens is 2. The smallest absolute Gasteiger partial charge is 0.292 e. The van der Waals surface area contributed by atoms with Crippen LogP contribution in [0, 0.1) is 6.92 Å². The molecule has 156 valence electrons. The maximum atomic E-state index is 13.1. The maximum absolute atomic E-state index is 13.1. The van der Waals surface area contributed by atoms with Crippen LogP contribution in [-0.2, 0) is 22.4 Å². The Bertz CT molecular complexity index is 947.